The van der Waals surface area contributed by atoms with Gasteiger partial charge in [-0.2, -0.15) is 0 Å². The third-order valence-corrected chi connectivity index (χ3v) is 7.97. The Kier molecular flexibility index (Phi) is 9.86. The number of rotatable bonds is 9. The second-order valence-electron chi connectivity index (χ2n) is 11.8. The van der Waals surface area contributed by atoms with Gasteiger partial charge in [0, 0.05) is 25.6 Å². The number of imide groups is 1. The first-order valence-corrected chi connectivity index (χ1v) is 15.8. The van der Waals surface area contributed by atoms with E-state index in [1.54, 1.807) is 70.3 Å². The minimum absolute atomic E-state index is 0.274. The highest BCUT2D eigenvalue weighted by molar-refractivity contribution is 8.15. The molecule has 0 aromatic heterocycles. The molecule has 1 aliphatic heterocycles. The second kappa shape index (κ2) is 14.0. The van der Waals surface area contributed by atoms with Crippen LogP contribution in [0, 0.1) is 0 Å². The molecule has 47 heavy (non-hydrogen) atoms. The molecule has 1 aliphatic rings. The first-order valence-electron chi connectivity index (χ1n) is 14.9. The molecular weight excluding hydrogens is 618 g/mol. The lowest BCUT2D eigenvalue weighted by Crippen LogP contribution is -2.37. The zero-order valence-electron chi connectivity index (χ0n) is 26.7. The van der Waals surface area contributed by atoms with E-state index >= 15 is 0 Å². The SMILES string of the molecule is CC(=O)N(Oc1ccc(CC2SC(=O)NC2=O)cc1)c1ccc(Oc2ccccc2-c2ccccc2)cc1N(C)C(=O)OC(C)(C)C. The van der Waals surface area contributed by atoms with E-state index in [0.29, 0.717) is 29.4 Å². The fourth-order valence-electron chi connectivity index (χ4n) is 4.79. The first-order chi connectivity index (χ1) is 22.4. The van der Waals surface area contributed by atoms with Gasteiger partial charge in [-0.15, -0.1) is 5.06 Å². The van der Waals surface area contributed by atoms with Gasteiger partial charge >= 0.3 is 6.09 Å². The van der Waals surface area contributed by atoms with Crippen LogP contribution in [-0.4, -0.2) is 41.0 Å². The van der Waals surface area contributed by atoms with Crippen LogP contribution >= 0.6 is 11.8 Å². The minimum atomic E-state index is -0.766. The molecule has 1 heterocycles. The maximum atomic E-state index is 13.3. The third kappa shape index (κ3) is 8.30. The summed E-state index contributed by atoms with van der Waals surface area (Å²) in [7, 11) is 1.55. The summed E-state index contributed by atoms with van der Waals surface area (Å²) in [6.45, 7) is 6.65. The second-order valence-corrected chi connectivity index (χ2v) is 13.0. The standard InChI is InChI=1S/C36H35N3O7S/c1-23(40)39(46-26-17-15-24(16-18-26)21-32-33(41)37-34(42)47-32)29-20-19-27(22-30(29)38(5)35(43)45-36(2,3)4)44-31-14-10-9-13-28(31)25-11-7-6-8-12-25/h6-20,22,32H,21H2,1-5H3,(H,37,41,42). The topological polar surface area (TPSA) is 114 Å². The highest BCUT2D eigenvalue weighted by Gasteiger charge is 2.32. The van der Waals surface area contributed by atoms with Gasteiger partial charge < -0.3 is 14.3 Å². The van der Waals surface area contributed by atoms with E-state index in [2.05, 4.69) is 5.32 Å². The van der Waals surface area contributed by atoms with Crippen molar-refractivity contribution in [2.45, 2.75) is 45.0 Å². The summed E-state index contributed by atoms with van der Waals surface area (Å²) in [5.74, 6) is 0.596. The number of hydrogen-bond donors (Lipinski definition) is 1. The number of ether oxygens (including phenoxy) is 2. The number of hydrogen-bond acceptors (Lipinski definition) is 8. The number of amides is 4. The number of thioether (sulfide) groups is 1. The lowest BCUT2D eigenvalue weighted by Gasteiger charge is -2.29. The number of anilines is 2. The van der Waals surface area contributed by atoms with E-state index in [9.17, 15) is 19.2 Å². The monoisotopic (exact) mass is 653 g/mol. The molecule has 5 rings (SSSR count). The van der Waals surface area contributed by atoms with Crippen molar-refractivity contribution in [3.05, 3.63) is 103 Å². The number of para-hydroxylation sites is 1. The number of carbonyl (C=O) groups is 4. The van der Waals surface area contributed by atoms with Gasteiger partial charge in [-0.1, -0.05) is 72.4 Å². The Balaban J connectivity index is 1.46. The summed E-state index contributed by atoms with van der Waals surface area (Å²) >= 11 is 0.959. The largest absolute Gasteiger partial charge is 0.457 e. The smallest absolute Gasteiger partial charge is 0.414 e. The fourth-order valence-corrected chi connectivity index (χ4v) is 5.65. The van der Waals surface area contributed by atoms with Gasteiger partial charge in [0.25, 0.3) is 11.1 Å². The van der Waals surface area contributed by atoms with Gasteiger partial charge in [0.1, 0.15) is 22.8 Å². The Morgan fingerprint density at radius 1 is 0.851 bits per heavy atom. The molecule has 0 spiro atoms. The fraction of sp³-hybridized carbons (Fsp3) is 0.222. The van der Waals surface area contributed by atoms with Crippen LogP contribution in [0.4, 0.5) is 21.0 Å². The molecule has 10 nitrogen and oxygen atoms in total. The van der Waals surface area contributed by atoms with Crippen LogP contribution in [0.2, 0.25) is 0 Å². The van der Waals surface area contributed by atoms with E-state index in [-0.39, 0.29) is 16.8 Å². The van der Waals surface area contributed by atoms with Crippen LogP contribution < -0.4 is 24.9 Å². The van der Waals surface area contributed by atoms with E-state index in [4.69, 9.17) is 14.3 Å². The zero-order valence-corrected chi connectivity index (χ0v) is 27.5. The zero-order chi connectivity index (χ0) is 33.7. The van der Waals surface area contributed by atoms with Crippen molar-refractivity contribution in [3.8, 4) is 28.4 Å². The summed E-state index contributed by atoms with van der Waals surface area (Å²) in [6, 6.07) is 29.3. The quantitative estimate of drug-likeness (QED) is 0.182. The lowest BCUT2D eigenvalue weighted by atomic mass is 10.0. The summed E-state index contributed by atoms with van der Waals surface area (Å²) in [5.41, 5.74) is 2.49. The van der Waals surface area contributed by atoms with Gasteiger partial charge in [-0.25, -0.2) is 4.79 Å². The van der Waals surface area contributed by atoms with Crippen LogP contribution in [0.15, 0.2) is 97.1 Å². The molecule has 4 aromatic rings. The lowest BCUT2D eigenvalue weighted by molar-refractivity contribution is -0.120. The highest BCUT2D eigenvalue weighted by Crippen LogP contribution is 2.39. The molecule has 1 N–H and O–H groups in total. The molecule has 0 aliphatic carbocycles. The van der Waals surface area contributed by atoms with Crippen LogP contribution in [-0.2, 0) is 20.7 Å². The van der Waals surface area contributed by atoms with E-state index < -0.39 is 22.9 Å². The highest BCUT2D eigenvalue weighted by atomic mass is 32.2. The summed E-state index contributed by atoms with van der Waals surface area (Å²) in [5, 5.41) is 2.51. The Morgan fingerprint density at radius 3 is 2.15 bits per heavy atom. The molecule has 4 aromatic carbocycles. The molecule has 11 heteroatoms. The van der Waals surface area contributed by atoms with Crippen molar-refractivity contribution < 1.29 is 33.5 Å². The van der Waals surface area contributed by atoms with E-state index in [1.807, 2.05) is 54.6 Å². The molecule has 1 saturated heterocycles. The predicted molar refractivity (Wildman–Crippen MR) is 182 cm³/mol. The van der Waals surface area contributed by atoms with Gasteiger partial charge in [-0.05, 0) is 68.7 Å². The van der Waals surface area contributed by atoms with Gasteiger partial charge in [0.2, 0.25) is 5.91 Å². The predicted octanol–water partition coefficient (Wildman–Crippen LogP) is 7.76. The summed E-state index contributed by atoms with van der Waals surface area (Å²) < 4.78 is 12.0. The van der Waals surface area contributed by atoms with Gasteiger partial charge in [-0.3, -0.25) is 24.6 Å². The average Bonchev–Trinajstić information content (AvgIpc) is 3.35. The van der Waals surface area contributed by atoms with E-state index in [1.165, 1.54) is 11.8 Å². The Bertz CT molecular complexity index is 1790. The molecule has 1 atom stereocenters. The molecule has 0 bridgehead atoms. The maximum Gasteiger partial charge on any atom is 0.414 e. The van der Waals surface area contributed by atoms with Crippen molar-refractivity contribution in [2.24, 2.45) is 0 Å². The van der Waals surface area contributed by atoms with Crippen molar-refractivity contribution in [1.82, 2.24) is 5.32 Å². The molecule has 0 saturated carbocycles. The van der Waals surface area contributed by atoms with Crippen molar-refractivity contribution >= 4 is 46.3 Å². The van der Waals surface area contributed by atoms with Gasteiger partial charge in [0.15, 0.2) is 5.75 Å². The molecular formula is C36H35N3O7S. The average molecular weight is 654 g/mol. The van der Waals surface area contributed by atoms with Crippen LogP contribution in [0.1, 0.15) is 33.3 Å². The first kappa shape index (κ1) is 33.1. The Labute approximate surface area is 277 Å². The van der Waals surface area contributed by atoms with Crippen molar-refractivity contribution in [2.75, 3.05) is 17.0 Å². The van der Waals surface area contributed by atoms with Crippen molar-refractivity contribution in [1.29, 1.82) is 0 Å². The van der Waals surface area contributed by atoms with Crippen LogP contribution in [0.25, 0.3) is 11.1 Å². The third-order valence-electron chi connectivity index (χ3n) is 6.99. The maximum absolute atomic E-state index is 13.3. The molecule has 1 fully saturated rings. The number of nitrogens with one attached hydrogen (secondary N) is 1. The Morgan fingerprint density at radius 2 is 1.51 bits per heavy atom. The summed E-state index contributed by atoms with van der Waals surface area (Å²) in [6.07, 6.45) is -0.278. The molecule has 242 valence electrons. The number of benzene rings is 4. The van der Waals surface area contributed by atoms with Crippen molar-refractivity contribution in [3.63, 3.8) is 0 Å². The number of hydroxylamine groups is 1. The molecule has 0 radical (unpaired) electrons. The van der Waals surface area contributed by atoms with E-state index in [0.717, 1.165) is 33.5 Å². The molecule has 1 unspecified atom stereocenters. The van der Waals surface area contributed by atoms with Gasteiger partial charge in [0.05, 0.1) is 10.9 Å². The molecule has 4 amide bonds. The minimum Gasteiger partial charge on any atom is -0.457 e. The van der Waals surface area contributed by atoms with Crippen LogP contribution in [0.3, 0.4) is 0 Å². The van der Waals surface area contributed by atoms with Crippen LogP contribution in [0.5, 0.6) is 17.2 Å². The number of carbonyl (C=O) groups excluding carboxylic acids is 4. The number of nitrogens with zero attached hydrogens (tertiary/aromatic N) is 2. The normalized spacial score (nSPS) is 14.3. The summed E-state index contributed by atoms with van der Waals surface area (Å²) in [4.78, 5) is 57.2. The Hall–Kier alpha value is -5.29.